The first kappa shape index (κ1) is 25.5. The number of unbranched alkanes of at least 4 members (excludes halogenated alkanes) is 1. The molecule has 0 saturated carbocycles. The topological polar surface area (TPSA) is 75.7 Å². The normalized spacial score (nSPS) is 13.7. The molecular formula is C22H28Cl2N2O4S. The zero-order chi connectivity index (χ0) is 21.6. The molecule has 3 rings (SSSR count). The molecule has 0 spiro atoms. The number of ether oxygens (including phenoxy) is 1. The highest BCUT2D eigenvalue weighted by atomic mass is 35.5. The van der Waals surface area contributed by atoms with E-state index in [4.69, 9.17) is 16.3 Å². The summed E-state index contributed by atoms with van der Waals surface area (Å²) in [5, 5.41) is 0.472. The predicted molar refractivity (Wildman–Crippen MR) is 125 cm³/mol. The molecule has 31 heavy (non-hydrogen) atoms. The van der Waals surface area contributed by atoms with Gasteiger partial charge in [0.2, 0.25) is 0 Å². The fourth-order valence-corrected chi connectivity index (χ4v) is 4.84. The van der Waals surface area contributed by atoms with E-state index in [1.165, 1.54) is 5.56 Å². The molecule has 0 atom stereocenters. The first-order valence-electron chi connectivity index (χ1n) is 10.2. The van der Waals surface area contributed by atoms with Crippen LogP contribution in [0.3, 0.4) is 0 Å². The molecule has 0 saturated heterocycles. The summed E-state index contributed by atoms with van der Waals surface area (Å²) < 4.78 is 33.1. The number of hydrogen-bond acceptors (Lipinski definition) is 5. The van der Waals surface area contributed by atoms with Gasteiger partial charge >= 0.3 is 5.97 Å². The Morgan fingerprint density at radius 2 is 1.97 bits per heavy atom. The third kappa shape index (κ3) is 7.38. The molecule has 170 valence electrons. The minimum atomic E-state index is -3.70. The largest absolute Gasteiger partial charge is 0.466 e. The average molecular weight is 487 g/mol. The minimum absolute atomic E-state index is 0. The molecule has 2 aromatic carbocycles. The molecule has 0 amide bonds. The molecule has 9 heteroatoms. The van der Waals surface area contributed by atoms with Crippen molar-refractivity contribution in [2.24, 2.45) is 0 Å². The molecule has 0 unspecified atom stereocenters. The number of esters is 1. The number of halogens is 2. The Labute approximate surface area is 195 Å². The van der Waals surface area contributed by atoms with E-state index < -0.39 is 10.0 Å². The number of hydrogen-bond donors (Lipinski definition) is 1. The van der Waals surface area contributed by atoms with Crippen molar-refractivity contribution in [3.63, 3.8) is 0 Å². The van der Waals surface area contributed by atoms with Crippen molar-refractivity contribution in [2.75, 3.05) is 24.4 Å². The van der Waals surface area contributed by atoms with E-state index in [9.17, 15) is 13.2 Å². The van der Waals surface area contributed by atoms with Gasteiger partial charge in [-0.05, 0) is 74.2 Å². The lowest BCUT2D eigenvalue weighted by molar-refractivity contribution is -0.143. The first-order valence-corrected chi connectivity index (χ1v) is 12.0. The highest BCUT2D eigenvalue weighted by Crippen LogP contribution is 2.25. The van der Waals surface area contributed by atoms with Gasteiger partial charge in [-0.3, -0.25) is 14.4 Å². The molecule has 1 aliphatic heterocycles. The van der Waals surface area contributed by atoms with Gasteiger partial charge < -0.3 is 4.74 Å². The lowest BCUT2D eigenvalue weighted by atomic mass is 9.99. The fourth-order valence-electron chi connectivity index (χ4n) is 3.55. The lowest BCUT2D eigenvalue weighted by Gasteiger charge is -2.29. The van der Waals surface area contributed by atoms with E-state index in [0.717, 1.165) is 37.9 Å². The summed E-state index contributed by atoms with van der Waals surface area (Å²) in [7, 11) is -3.70. The quantitative estimate of drug-likeness (QED) is 0.412. The predicted octanol–water partition coefficient (Wildman–Crippen LogP) is 4.65. The molecular weight excluding hydrogens is 459 g/mol. The zero-order valence-electron chi connectivity index (χ0n) is 17.5. The molecule has 0 fully saturated rings. The average Bonchev–Trinajstić information content (AvgIpc) is 2.70. The summed E-state index contributed by atoms with van der Waals surface area (Å²) >= 11 is 5.95. The second kappa shape index (κ2) is 11.7. The van der Waals surface area contributed by atoms with Crippen LogP contribution in [0.25, 0.3) is 0 Å². The third-order valence-corrected chi connectivity index (χ3v) is 6.68. The zero-order valence-corrected chi connectivity index (χ0v) is 19.9. The number of nitrogens with one attached hydrogen (secondary N) is 1. The van der Waals surface area contributed by atoms with Gasteiger partial charge in [0, 0.05) is 24.5 Å². The summed E-state index contributed by atoms with van der Waals surface area (Å²) in [6, 6.07) is 12.0. The number of sulfonamides is 1. The number of nitrogens with zero attached hydrogens (tertiary/aromatic N) is 1. The minimum Gasteiger partial charge on any atom is -0.466 e. The van der Waals surface area contributed by atoms with E-state index in [0.29, 0.717) is 30.3 Å². The maximum atomic E-state index is 12.8. The van der Waals surface area contributed by atoms with E-state index >= 15 is 0 Å². The molecule has 0 aliphatic carbocycles. The van der Waals surface area contributed by atoms with Gasteiger partial charge in [0.25, 0.3) is 10.0 Å². The standard InChI is InChI=1S/C22H27ClN2O4S.ClH/c1-2-29-22(26)8-3-4-12-25-13-11-17-9-10-21(14-18(17)16-25)30(27,28)24-20-7-5-6-19(23)15-20;/h5-7,9-10,14-15,24H,2-4,8,11-13,16H2,1H3;1H. The Morgan fingerprint density at radius 1 is 1.16 bits per heavy atom. The molecule has 0 radical (unpaired) electrons. The number of benzene rings is 2. The summed E-state index contributed by atoms with van der Waals surface area (Å²) in [5.41, 5.74) is 2.64. The molecule has 0 aromatic heterocycles. The number of carbonyl (C=O) groups excluding carboxylic acids is 1. The molecule has 6 nitrogen and oxygen atoms in total. The van der Waals surface area contributed by atoms with E-state index in [-0.39, 0.29) is 23.3 Å². The van der Waals surface area contributed by atoms with E-state index in [2.05, 4.69) is 9.62 Å². The number of fused-ring (bicyclic) bond motifs is 1. The maximum Gasteiger partial charge on any atom is 0.305 e. The van der Waals surface area contributed by atoms with Crippen LogP contribution in [0.4, 0.5) is 5.69 Å². The Hall–Kier alpha value is -1.80. The smallest absolute Gasteiger partial charge is 0.305 e. The maximum absolute atomic E-state index is 12.8. The monoisotopic (exact) mass is 486 g/mol. The first-order chi connectivity index (χ1) is 14.4. The van der Waals surface area contributed by atoms with Crippen molar-refractivity contribution in [3.8, 4) is 0 Å². The Bertz CT molecular complexity index is 999. The van der Waals surface area contributed by atoms with Gasteiger partial charge in [-0.25, -0.2) is 8.42 Å². The lowest BCUT2D eigenvalue weighted by Crippen LogP contribution is -2.31. The van der Waals surface area contributed by atoms with Crippen molar-refractivity contribution >= 4 is 45.7 Å². The van der Waals surface area contributed by atoms with Gasteiger partial charge in [-0.1, -0.05) is 23.7 Å². The van der Waals surface area contributed by atoms with Gasteiger partial charge in [-0.15, -0.1) is 12.4 Å². The third-order valence-electron chi connectivity index (χ3n) is 5.07. The highest BCUT2D eigenvalue weighted by Gasteiger charge is 2.20. The van der Waals surface area contributed by atoms with Crippen LogP contribution in [0.1, 0.15) is 37.3 Å². The number of rotatable bonds is 9. The van der Waals surface area contributed by atoms with Crippen LogP contribution in [-0.2, 0) is 32.5 Å². The van der Waals surface area contributed by atoms with Crippen molar-refractivity contribution in [1.29, 1.82) is 0 Å². The van der Waals surface area contributed by atoms with Crippen molar-refractivity contribution in [2.45, 2.75) is 44.0 Å². The molecule has 2 aromatic rings. The summed E-state index contributed by atoms with van der Waals surface area (Å²) in [5.74, 6) is -0.149. The number of anilines is 1. The SMILES string of the molecule is CCOC(=O)CCCCN1CCc2ccc(S(=O)(=O)Nc3cccc(Cl)c3)cc2C1.Cl. The Balaban J connectivity index is 0.00000341. The van der Waals surface area contributed by atoms with Crippen LogP contribution in [0.15, 0.2) is 47.4 Å². The summed E-state index contributed by atoms with van der Waals surface area (Å²) in [6.45, 7) is 4.73. The van der Waals surface area contributed by atoms with Crippen molar-refractivity contribution in [3.05, 3.63) is 58.6 Å². The van der Waals surface area contributed by atoms with Crippen LogP contribution in [-0.4, -0.2) is 39.0 Å². The van der Waals surface area contributed by atoms with Crippen molar-refractivity contribution in [1.82, 2.24) is 4.90 Å². The van der Waals surface area contributed by atoms with Crippen LogP contribution in [0.5, 0.6) is 0 Å². The molecule has 1 heterocycles. The van der Waals surface area contributed by atoms with Gasteiger partial charge in [0.05, 0.1) is 17.2 Å². The van der Waals surface area contributed by atoms with Gasteiger partial charge in [0.1, 0.15) is 0 Å². The van der Waals surface area contributed by atoms with E-state index in [1.807, 2.05) is 13.0 Å². The second-order valence-corrected chi connectivity index (χ2v) is 9.45. The second-order valence-electron chi connectivity index (χ2n) is 7.33. The van der Waals surface area contributed by atoms with E-state index in [1.54, 1.807) is 36.4 Å². The van der Waals surface area contributed by atoms with Crippen molar-refractivity contribution < 1.29 is 17.9 Å². The van der Waals surface area contributed by atoms with Crippen LogP contribution >= 0.6 is 24.0 Å². The summed E-state index contributed by atoms with van der Waals surface area (Å²) in [4.78, 5) is 14.0. The van der Waals surface area contributed by atoms with Crippen LogP contribution in [0, 0.1) is 0 Å². The highest BCUT2D eigenvalue weighted by molar-refractivity contribution is 7.92. The summed E-state index contributed by atoms with van der Waals surface area (Å²) in [6.07, 6.45) is 3.02. The Morgan fingerprint density at radius 3 is 2.71 bits per heavy atom. The molecule has 1 N–H and O–H groups in total. The fraction of sp³-hybridized carbons (Fsp3) is 0.409. The molecule has 0 bridgehead atoms. The molecule has 1 aliphatic rings. The van der Waals surface area contributed by atoms with Gasteiger partial charge in [0.15, 0.2) is 0 Å². The number of carbonyl (C=O) groups is 1. The van der Waals surface area contributed by atoms with Crippen LogP contribution in [0.2, 0.25) is 5.02 Å². The Kier molecular flexibility index (Phi) is 9.62. The van der Waals surface area contributed by atoms with Crippen LogP contribution < -0.4 is 4.72 Å². The van der Waals surface area contributed by atoms with Gasteiger partial charge in [-0.2, -0.15) is 0 Å².